The molecule has 1 aliphatic rings. The monoisotopic (exact) mass is 308 g/mol. The minimum atomic E-state index is 0.196. The van der Waals surface area contributed by atoms with Gasteiger partial charge in [-0.3, -0.25) is 4.90 Å². The van der Waals surface area contributed by atoms with Crippen LogP contribution in [-0.2, 0) is 13.1 Å². The zero-order chi connectivity index (χ0) is 15.3. The minimum Gasteiger partial charge on any atom is -0.307 e. The summed E-state index contributed by atoms with van der Waals surface area (Å²) < 4.78 is 0. The van der Waals surface area contributed by atoms with E-state index >= 15 is 0 Å². The molecule has 0 radical (unpaired) electrons. The first-order chi connectivity index (χ1) is 9.98. The second-order valence-corrected chi connectivity index (χ2v) is 8.58. The predicted molar refractivity (Wildman–Crippen MR) is 93.9 cm³/mol. The number of nitrogens with one attached hydrogen (secondary N) is 1. The van der Waals surface area contributed by atoms with E-state index in [1.807, 2.05) is 11.3 Å². The maximum atomic E-state index is 3.58. The van der Waals surface area contributed by atoms with Crippen LogP contribution < -0.4 is 5.32 Å². The molecule has 1 heterocycles. The van der Waals surface area contributed by atoms with Crippen LogP contribution in [0.15, 0.2) is 12.1 Å². The Morgan fingerprint density at radius 2 is 1.81 bits per heavy atom. The van der Waals surface area contributed by atoms with Crippen molar-refractivity contribution in [2.75, 3.05) is 6.54 Å². The van der Waals surface area contributed by atoms with Gasteiger partial charge < -0.3 is 5.32 Å². The van der Waals surface area contributed by atoms with E-state index in [0.717, 1.165) is 19.1 Å². The average molecular weight is 309 g/mol. The Balaban J connectivity index is 1.87. The first kappa shape index (κ1) is 17.0. The van der Waals surface area contributed by atoms with Crippen molar-refractivity contribution in [2.24, 2.45) is 0 Å². The molecule has 1 saturated carbocycles. The molecule has 0 atom stereocenters. The summed E-state index contributed by atoms with van der Waals surface area (Å²) in [5.74, 6) is 0. The summed E-state index contributed by atoms with van der Waals surface area (Å²) in [7, 11) is 0. The summed E-state index contributed by atoms with van der Waals surface area (Å²) >= 11 is 1.98. The van der Waals surface area contributed by atoms with Crippen LogP contribution in [0.1, 0.15) is 69.6 Å². The van der Waals surface area contributed by atoms with Crippen molar-refractivity contribution in [3.05, 3.63) is 21.9 Å². The molecule has 0 amide bonds. The summed E-state index contributed by atoms with van der Waals surface area (Å²) in [6.45, 7) is 12.3. The van der Waals surface area contributed by atoms with Gasteiger partial charge in [-0.25, -0.2) is 0 Å². The lowest BCUT2D eigenvalue weighted by atomic mass is 9.94. The van der Waals surface area contributed by atoms with Crippen molar-refractivity contribution in [1.29, 1.82) is 0 Å². The van der Waals surface area contributed by atoms with E-state index in [4.69, 9.17) is 0 Å². The predicted octanol–water partition coefficient (Wildman–Crippen LogP) is 4.79. The second-order valence-electron chi connectivity index (χ2n) is 7.33. The quantitative estimate of drug-likeness (QED) is 0.812. The van der Waals surface area contributed by atoms with E-state index < -0.39 is 0 Å². The van der Waals surface area contributed by atoms with Crippen molar-refractivity contribution in [3.8, 4) is 0 Å². The summed E-state index contributed by atoms with van der Waals surface area (Å²) in [6.07, 6.45) is 7.09. The molecule has 1 aromatic heterocycles. The molecule has 0 saturated heterocycles. The molecule has 3 heteroatoms. The highest BCUT2D eigenvalue weighted by Gasteiger charge is 2.20. The number of hydrogen-bond acceptors (Lipinski definition) is 3. The molecule has 0 aliphatic heterocycles. The van der Waals surface area contributed by atoms with Crippen LogP contribution in [0.5, 0.6) is 0 Å². The van der Waals surface area contributed by atoms with Crippen LogP contribution >= 0.6 is 11.3 Å². The minimum absolute atomic E-state index is 0.196. The smallest absolute Gasteiger partial charge is 0.0330 e. The van der Waals surface area contributed by atoms with Gasteiger partial charge in [-0.2, -0.15) is 0 Å². The van der Waals surface area contributed by atoms with E-state index in [2.05, 4.69) is 50.0 Å². The number of nitrogens with zero attached hydrogens (tertiary/aromatic N) is 1. The average Bonchev–Trinajstić information content (AvgIpc) is 2.90. The first-order valence-electron chi connectivity index (χ1n) is 8.54. The molecule has 1 fully saturated rings. The molecular formula is C18H32N2S. The van der Waals surface area contributed by atoms with E-state index in [1.165, 1.54) is 48.4 Å². The standard InChI is InChI=1S/C18H32N2S/c1-5-20(15-9-7-6-8-10-15)14-17-12-11-16(21-17)13-19-18(2,3)4/h11-12,15,19H,5-10,13-14H2,1-4H3. The summed E-state index contributed by atoms with van der Waals surface area (Å²) in [5.41, 5.74) is 0.196. The Bertz CT molecular complexity index is 413. The molecule has 0 unspecified atom stereocenters. The van der Waals surface area contributed by atoms with Gasteiger partial charge in [0.2, 0.25) is 0 Å². The van der Waals surface area contributed by atoms with Crippen molar-refractivity contribution in [1.82, 2.24) is 10.2 Å². The molecular weight excluding hydrogens is 276 g/mol. The van der Waals surface area contributed by atoms with Crippen LogP contribution in [0.4, 0.5) is 0 Å². The molecule has 0 spiro atoms. The van der Waals surface area contributed by atoms with E-state index in [-0.39, 0.29) is 5.54 Å². The van der Waals surface area contributed by atoms with Gasteiger partial charge in [0, 0.05) is 34.4 Å². The fourth-order valence-electron chi connectivity index (χ4n) is 3.10. The Hall–Kier alpha value is -0.380. The van der Waals surface area contributed by atoms with Gasteiger partial charge in [0.25, 0.3) is 0 Å². The van der Waals surface area contributed by atoms with Crippen LogP contribution in [0, 0.1) is 0 Å². The van der Waals surface area contributed by atoms with Gasteiger partial charge in [0.15, 0.2) is 0 Å². The second kappa shape index (κ2) is 7.75. The summed E-state index contributed by atoms with van der Waals surface area (Å²) in [4.78, 5) is 5.67. The van der Waals surface area contributed by atoms with Crippen LogP contribution in [0.2, 0.25) is 0 Å². The largest absolute Gasteiger partial charge is 0.307 e. The van der Waals surface area contributed by atoms with Gasteiger partial charge >= 0.3 is 0 Å². The fourth-order valence-corrected chi connectivity index (χ4v) is 4.08. The highest BCUT2D eigenvalue weighted by atomic mass is 32.1. The third kappa shape index (κ3) is 5.72. The zero-order valence-electron chi connectivity index (χ0n) is 14.2. The topological polar surface area (TPSA) is 15.3 Å². The van der Waals surface area contributed by atoms with Gasteiger partial charge in [-0.1, -0.05) is 26.2 Å². The van der Waals surface area contributed by atoms with Crippen molar-refractivity contribution in [2.45, 2.75) is 84.5 Å². The third-order valence-corrected chi connectivity index (χ3v) is 5.44. The normalized spacial score (nSPS) is 17.6. The Kier molecular flexibility index (Phi) is 6.27. The van der Waals surface area contributed by atoms with Crippen LogP contribution in [0.3, 0.4) is 0 Å². The molecule has 21 heavy (non-hydrogen) atoms. The first-order valence-corrected chi connectivity index (χ1v) is 9.36. The Labute approximate surface area is 134 Å². The number of thiophene rings is 1. The molecule has 1 N–H and O–H groups in total. The van der Waals surface area contributed by atoms with Crippen molar-refractivity contribution in [3.63, 3.8) is 0 Å². The molecule has 0 aromatic carbocycles. The lowest BCUT2D eigenvalue weighted by Gasteiger charge is -2.33. The van der Waals surface area contributed by atoms with Crippen molar-refractivity contribution >= 4 is 11.3 Å². The van der Waals surface area contributed by atoms with E-state index in [1.54, 1.807) is 0 Å². The Morgan fingerprint density at radius 3 is 2.43 bits per heavy atom. The lowest BCUT2D eigenvalue weighted by molar-refractivity contribution is 0.157. The third-order valence-electron chi connectivity index (χ3n) is 4.37. The van der Waals surface area contributed by atoms with E-state index in [0.29, 0.717) is 0 Å². The number of hydrogen-bond donors (Lipinski definition) is 1. The highest BCUT2D eigenvalue weighted by Crippen LogP contribution is 2.26. The van der Waals surface area contributed by atoms with Gasteiger partial charge in [0.1, 0.15) is 0 Å². The van der Waals surface area contributed by atoms with Gasteiger partial charge in [-0.15, -0.1) is 11.3 Å². The summed E-state index contributed by atoms with van der Waals surface area (Å²) in [5, 5.41) is 3.58. The SMILES string of the molecule is CCN(Cc1ccc(CNC(C)(C)C)s1)C1CCCCC1. The molecule has 2 nitrogen and oxygen atoms in total. The zero-order valence-corrected chi connectivity index (χ0v) is 15.1. The van der Waals surface area contributed by atoms with Gasteiger partial charge in [0.05, 0.1) is 0 Å². The van der Waals surface area contributed by atoms with E-state index in [9.17, 15) is 0 Å². The maximum absolute atomic E-state index is 3.58. The van der Waals surface area contributed by atoms with Crippen LogP contribution in [0.25, 0.3) is 0 Å². The molecule has 120 valence electrons. The Morgan fingerprint density at radius 1 is 1.14 bits per heavy atom. The molecule has 0 bridgehead atoms. The molecule has 2 rings (SSSR count). The van der Waals surface area contributed by atoms with Gasteiger partial charge in [-0.05, 0) is 52.3 Å². The fraction of sp³-hybridized carbons (Fsp3) is 0.778. The van der Waals surface area contributed by atoms with Crippen LogP contribution in [-0.4, -0.2) is 23.0 Å². The lowest BCUT2D eigenvalue weighted by Crippen LogP contribution is -2.35. The molecule has 1 aliphatic carbocycles. The maximum Gasteiger partial charge on any atom is 0.0330 e. The highest BCUT2D eigenvalue weighted by molar-refractivity contribution is 7.11. The summed E-state index contributed by atoms with van der Waals surface area (Å²) in [6, 6.07) is 5.45. The van der Waals surface area contributed by atoms with Crippen molar-refractivity contribution < 1.29 is 0 Å². The molecule has 1 aromatic rings. The number of rotatable bonds is 6.